The predicted octanol–water partition coefficient (Wildman–Crippen LogP) is 6.18. The minimum atomic E-state index is -4.66. The molecule has 0 aliphatic carbocycles. The van der Waals surface area contributed by atoms with Crippen LogP contribution in [0.25, 0.3) is 0 Å². The number of thiophene rings is 1. The van der Waals surface area contributed by atoms with Gasteiger partial charge in [0.25, 0.3) is 0 Å². The smallest absolute Gasteiger partial charge is 0.397 e. The Bertz CT molecular complexity index is 1470. The van der Waals surface area contributed by atoms with Crippen molar-refractivity contribution in [1.82, 2.24) is 19.6 Å². The summed E-state index contributed by atoms with van der Waals surface area (Å²) in [7, 11) is 0. The first-order chi connectivity index (χ1) is 22.5. The van der Waals surface area contributed by atoms with E-state index < -0.39 is 23.3 Å². The van der Waals surface area contributed by atoms with Crippen LogP contribution >= 0.6 is 27.3 Å². The normalized spacial score (nSPS) is 21.0. The Hall–Kier alpha value is -2.84. The molecule has 0 saturated carbocycles. The van der Waals surface area contributed by atoms with Crippen LogP contribution in [0.3, 0.4) is 0 Å². The molecule has 3 N–H and O–H groups in total. The van der Waals surface area contributed by atoms with Gasteiger partial charge in [-0.1, -0.05) is 6.42 Å². The number of halogens is 4. The molecule has 1 atom stereocenters. The summed E-state index contributed by atoms with van der Waals surface area (Å²) >= 11 is 4.77. The van der Waals surface area contributed by atoms with Gasteiger partial charge in [-0.25, -0.2) is 4.79 Å². The van der Waals surface area contributed by atoms with E-state index in [-0.39, 0.29) is 41.2 Å². The number of nitrogen functional groups attached to an aromatic ring is 1. The summed E-state index contributed by atoms with van der Waals surface area (Å²) < 4.78 is 41.6. The molecule has 1 aromatic heterocycles. The van der Waals surface area contributed by atoms with Gasteiger partial charge in [0.1, 0.15) is 0 Å². The molecule has 6 rings (SSSR count). The van der Waals surface area contributed by atoms with E-state index >= 15 is 0 Å². The fraction of sp³-hybridized carbons (Fsp3) is 0.606. The summed E-state index contributed by atoms with van der Waals surface area (Å²) in [5.41, 5.74) is 5.55. The summed E-state index contributed by atoms with van der Waals surface area (Å²) in [5.74, 6) is -1.20. The maximum atomic E-state index is 14.0. The molecular formula is C33H42BrF3N6O3S. The van der Waals surface area contributed by atoms with Crippen LogP contribution in [0.2, 0.25) is 0 Å². The Morgan fingerprint density at radius 3 is 2.32 bits per heavy atom. The first kappa shape index (κ1) is 34.0. The van der Waals surface area contributed by atoms with Gasteiger partial charge in [0.15, 0.2) is 0 Å². The molecule has 3 fully saturated rings. The van der Waals surface area contributed by atoms with Crippen LogP contribution in [0.5, 0.6) is 0 Å². The highest BCUT2D eigenvalue weighted by molar-refractivity contribution is 9.10. The maximum Gasteiger partial charge on any atom is 0.418 e. The molecule has 0 bridgehead atoms. The number of carbonyl (C=O) groups excluding carboxylic acids is 3. The predicted molar refractivity (Wildman–Crippen MR) is 179 cm³/mol. The molecule has 1 aromatic carbocycles. The summed E-state index contributed by atoms with van der Waals surface area (Å²) in [4.78, 5) is 49.5. The number of fused-ring (bicyclic) bond motifs is 1. The molecule has 0 spiro atoms. The van der Waals surface area contributed by atoms with E-state index in [1.807, 2.05) is 16.3 Å². The fourth-order valence-corrected chi connectivity index (χ4v) is 8.94. The molecule has 256 valence electrons. The second-order valence-electron chi connectivity index (χ2n) is 13.2. The Morgan fingerprint density at radius 2 is 1.64 bits per heavy atom. The highest BCUT2D eigenvalue weighted by atomic mass is 79.9. The lowest BCUT2D eigenvalue weighted by molar-refractivity contribution is -0.143. The van der Waals surface area contributed by atoms with E-state index in [0.29, 0.717) is 57.2 Å². The minimum Gasteiger partial charge on any atom is -0.397 e. The number of benzene rings is 1. The number of nitrogens with zero attached hydrogens (tertiary/aromatic N) is 4. The van der Waals surface area contributed by atoms with Gasteiger partial charge >= 0.3 is 12.2 Å². The first-order valence-corrected chi connectivity index (χ1v) is 18.2. The van der Waals surface area contributed by atoms with Crippen molar-refractivity contribution in [3.8, 4) is 0 Å². The van der Waals surface area contributed by atoms with Gasteiger partial charge in [-0.05, 0) is 103 Å². The molecule has 14 heteroatoms. The fourth-order valence-electron chi connectivity index (χ4n) is 7.60. The SMILES string of the molecule is Nc1c(Br)cc(C[C@@H](CC(=O)N2CCC(N3Cc4sccc4NC3=O)CC2)C(=O)N2CCC(N3CCCCC3)CC2)cc1C(F)(F)F. The lowest BCUT2D eigenvalue weighted by atomic mass is 9.91. The number of nitrogens with two attached hydrogens (primary N) is 1. The van der Waals surface area contributed by atoms with Gasteiger partial charge in [0.2, 0.25) is 11.8 Å². The molecule has 0 radical (unpaired) electrons. The topological polar surface area (TPSA) is 102 Å². The summed E-state index contributed by atoms with van der Waals surface area (Å²) in [6.45, 7) is 4.73. The van der Waals surface area contributed by atoms with Gasteiger partial charge in [-0.15, -0.1) is 11.3 Å². The van der Waals surface area contributed by atoms with E-state index in [0.717, 1.165) is 42.6 Å². The Morgan fingerprint density at radius 1 is 0.979 bits per heavy atom. The van der Waals surface area contributed by atoms with Crippen molar-refractivity contribution in [2.24, 2.45) is 5.92 Å². The average molecular weight is 740 g/mol. The Balaban J connectivity index is 1.13. The number of piperidine rings is 3. The minimum absolute atomic E-state index is 0.00779. The second kappa shape index (κ2) is 14.3. The van der Waals surface area contributed by atoms with Gasteiger partial charge in [0, 0.05) is 54.0 Å². The van der Waals surface area contributed by atoms with Gasteiger partial charge < -0.3 is 30.7 Å². The highest BCUT2D eigenvalue weighted by Crippen LogP contribution is 2.39. The number of likely N-dealkylation sites (tertiary alicyclic amines) is 3. The maximum absolute atomic E-state index is 14.0. The zero-order valence-corrected chi connectivity index (χ0v) is 28.8. The van der Waals surface area contributed by atoms with E-state index in [4.69, 9.17) is 5.73 Å². The van der Waals surface area contributed by atoms with Crippen LogP contribution in [0.15, 0.2) is 28.1 Å². The number of nitrogens with one attached hydrogen (secondary N) is 1. The van der Waals surface area contributed by atoms with Crippen LogP contribution in [0, 0.1) is 5.92 Å². The van der Waals surface area contributed by atoms with Gasteiger partial charge in [-0.2, -0.15) is 13.2 Å². The van der Waals surface area contributed by atoms with Crippen LogP contribution in [-0.2, 0) is 28.7 Å². The number of carbonyl (C=O) groups is 3. The number of alkyl halides is 3. The monoisotopic (exact) mass is 738 g/mol. The summed E-state index contributed by atoms with van der Waals surface area (Å²) in [5, 5.41) is 4.90. The van der Waals surface area contributed by atoms with Crippen LogP contribution < -0.4 is 11.1 Å². The molecule has 47 heavy (non-hydrogen) atoms. The third-order valence-electron chi connectivity index (χ3n) is 10.3. The van der Waals surface area contributed by atoms with Crippen molar-refractivity contribution in [2.75, 3.05) is 50.3 Å². The molecule has 3 saturated heterocycles. The standard InChI is InChI=1S/C33H42BrF3N6O3S/c34-26-18-21(17-25(30(26)38)33(35,36)37)16-22(31(45)42-13-4-23(5-14-42)40-9-2-1-3-10-40)19-29(44)41-11-6-24(7-12-41)43-20-28-27(8-15-47-28)39-32(43)46/h8,15,17-18,22-24H,1-7,9-14,16,19-20,38H2,(H,39,46)/t22-/m0/s1. The van der Waals surface area contributed by atoms with Crippen molar-refractivity contribution < 1.29 is 27.6 Å². The molecule has 2 aromatic rings. The third kappa shape index (κ3) is 7.75. The Kier molecular flexibility index (Phi) is 10.4. The van der Waals surface area contributed by atoms with Crippen molar-refractivity contribution in [3.05, 3.63) is 44.1 Å². The zero-order chi connectivity index (χ0) is 33.3. The van der Waals surface area contributed by atoms with Crippen molar-refractivity contribution in [3.63, 3.8) is 0 Å². The molecule has 4 aliphatic heterocycles. The quantitative estimate of drug-likeness (QED) is 0.331. The first-order valence-electron chi connectivity index (χ1n) is 16.6. The highest BCUT2D eigenvalue weighted by Gasteiger charge is 2.38. The molecule has 4 aliphatic rings. The molecule has 4 amide bonds. The second-order valence-corrected chi connectivity index (χ2v) is 15.1. The molecule has 9 nitrogen and oxygen atoms in total. The number of urea groups is 1. The molecule has 0 unspecified atom stereocenters. The van der Waals surface area contributed by atoms with Gasteiger partial charge in [0.05, 0.1) is 29.4 Å². The van der Waals surface area contributed by atoms with Crippen molar-refractivity contribution >= 4 is 56.5 Å². The van der Waals surface area contributed by atoms with E-state index in [9.17, 15) is 27.6 Å². The number of hydrogen-bond acceptors (Lipinski definition) is 6. The molecular weight excluding hydrogens is 697 g/mol. The van der Waals surface area contributed by atoms with E-state index in [1.165, 1.54) is 25.3 Å². The largest absolute Gasteiger partial charge is 0.418 e. The summed E-state index contributed by atoms with van der Waals surface area (Å²) in [6, 6.07) is 4.70. The number of anilines is 2. The van der Waals surface area contributed by atoms with Crippen LogP contribution in [0.4, 0.5) is 29.3 Å². The lowest BCUT2D eigenvalue weighted by Gasteiger charge is -2.41. The average Bonchev–Trinajstić information content (AvgIpc) is 3.52. The van der Waals surface area contributed by atoms with Crippen LogP contribution in [-0.4, -0.2) is 88.8 Å². The summed E-state index contributed by atoms with van der Waals surface area (Å²) in [6.07, 6.45) is 1.80. The lowest BCUT2D eigenvalue weighted by Crippen LogP contribution is -2.52. The van der Waals surface area contributed by atoms with Crippen molar-refractivity contribution in [2.45, 2.75) is 82.6 Å². The third-order valence-corrected chi connectivity index (χ3v) is 11.8. The van der Waals surface area contributed by atoms with Gasteiger partial charge in [-0.3, -0.25) is 9.59 Å². The zero-order valence-electron chi connectivity index (χ0n) is 26.4. The van der Waals surface area contributed by atoms with Crippen molar-refractivity contribution in [1.29, 1.82) is 0 Å². The van der Waals surface area contributed by atoms with E-state index in [2.05, 4.69) is 26.1 Å². The Labute approximate surface area is 285 Å². The van der Waals surface area contributed by atoms with Crippen LogP contribution in [0.1, 0.15) is 67.4 Å². The number of hydrogen-bond donors (Lipinski definition) is 2. The molecule has 5 heterocycles. The number of rotatable bonds is 7. The number of amides is 4. The van der Waals surface area contributed by atoms with E-state index in [1.54, 1.807) is 21.1 Å².